The van der Waals surface area contributed by atoms with Gasteiger partial charge < -0.3 is 25.9 Å². The molecule has 2 amide bonds. The monoisotopic (exact) mass is 466 g/mol. The van der Waals surface area contributed by atoms with Crippen molar-refractivity contribution in [1.82, 2.24) is 0 Å². The zero-order valence-electron chi connectivity index (χ0n) is 17.9. The molecule has 8 nitrogen and oxygen atoms in total. The van der Waals surface area contributed by atoms with E-state index in [0.717, 1.165) is 5.56 Å². The lowest BCUT2D eigenvalue weighted by Crippen LogP contribution is -2.20. The second kappa shape index (κ2) is 11.5. The smallest absolute Gasteiger partial charge is 0.265 e. The molecular formula is C24H23ClN4O4. The van der Waals surface area contributed by atoms with Crippen LogP contribution in [-0.2, 0) is 16.1 Å². The molecule has 3 aromatic carbocycles. The Balaban J connectivity index is 1.48. The molecule has 4 N–H and O–H groups in total. The first-order valence-electron chi connectivity index (χ1n) is 9.98. The number of hydrogen-bond acceptors (Lipinski definition) is 5. The Hall–Kier alpha value is -4.04. The summed E-state index contributed by atoms with van der Waals surface area (Å²) in [6.07, 6.45) is 0.305. The van der Waals surface area contributed by atoms with Crippen LogP contribution in [0.2, 0.25) is 5.02 Å². The predicted molar refractivity (Wildman–Crippen MR) is 129 cm³/mol. The number of para-hydroxylation sites is 2. The van der Waals surface area contributed by atoms with Gasteiger partial charge in [0.15, 0.2) is 6.61 Å². The van der Waals surface area contributed by atoms with Gasteiger partial charge >= 0.3 is 0 Å². The third-order valence-corrected chi connectivity index (χ3v) is 4.86. The molecule has 0 saturated heterocycles. The Kier molecular flexibility index (Phi) is 8.26. The molecule has 170 valence electrons. The quantitative estimate of drug-likeness (QED) is 0.250. The van der Waals surface area contributed by atoms with Crippen LogP contribution >= 0.6 is 11.6 Å². The third kappa shape index (κ3) is 6.98. The van der Waals surface area contributed by atoms with E-state index >= 15 is 0 Å². The van der Waals surface area contributed by atoms with Crippen LogP contribution in [0, 0.1) is 0 Å². The van der Waals surface area contributed by atoms with E-state index in [1.54, 1.807) is 48.5 Å². The summed E-state index contributed by atoms with van der Waals surface area (Å²) in [6, 6.07) is 20.8. The van der Waals surface area contributed by atoms with E-state index in [1.807, 2.05) is 24.3 Å². The summed E-state index contributed by atoms with van der Waals surface area (Å²) in [7, 11) is 1.53. The number of hydrogen-bond donors (Lipinski definition) is 3. The Morgan fingerprint density at radius 1 is 0.970 bits per heavy atom. The topological polar surface area (TPSA) is 115 Å². The van der Waals surface area contributed by atoms with E-state index in [-0.39, 0.29) is 18.3 Å². The van der Waals surface area contributed by atoms with Gasteiger partial charge in [-0.2, -0.15) is 0 Å². The molecule has 0 atom stereocenters. The molecule has 0 aliphatic rings. The first-order valence-corrected chi connectivity index (χ1v) is 10.4. The maximum Gasteiger partial charge on any atom is 0.265 e. The number of nitrogens with two attached hydrogens (primary N) is 1. The minimum absolute atomic E-state index is 0.196. The molecule has 0 aliphatic carbocycles. The standard InChI is InChI=1S/C24H23ClN4O4/c1-32-21-9-5-4-8-20(21)28-24(31)16-10-12-18(13-11-16)27-23(30)15-33-29-22(26)14-17-6-2-3-7-19(17)25/h2-13H,14-15H2,1H3,(H2,26,29)(H,27,30)(H,28,31). The van der Waals surface area contributed by atoms with Crippen molar-refractivity contribution in [1.29, 1.82) is 0 Å². The zero-order valence-corrected chi connectivity index (χ0v) is 18.6. The second-order valence-corrected chi connectivity index (χ2v) is 7.31. The lowest BCUT2D eigenvalue weighted by atomic mass is 10.1. The molecule has 0 aliphatic heterocycles. The molecule has 0 aromatic heterocycles. The van der Waals surface area contributed by atoms with E-state index in [1.165, 1.54) is 7.11 Å². The van der Waals surface area contributed by atoms with Gasteiger partial charge in [-0.25, -0.2) is 0 Å². The molecule has 0 saturated carbocycles. The molecular weight excluding hydrogens is 444 g/mol. The fourth-order valence-electron chi connectivity index (χ4n) is 2.89. The summed E-state index contributed by atoms with van der Waals surface area (Å²) in [5, 5.41) is 9.78. The van der Waals surface area contributed by atoms with Gasteiger partial charge in [0.05, 0.1) is 12.8 Å². The van der Waals surface area contributed by atoms with Gasteiger partial charge in [-0.1, -0.05) is 47.1 Å². The number of amides is 2. The maximum atomic E-state index is 12.5. The van der Waals surface area contributed by atoms with E-state index in [9.17, 15) is 9.59 Å². The van der Waals surface area contributed by atoms with Crippen LogP contribution in [0.4, 0.5) is 11.4 Å². The summed E-state index contributed by atoms with van der Waals surface area (Å²) in [4.78, 5) is 29.6. The third-order valence-electron chi connectivity index (χ3n) is 4.49. The highest BCUT2D eigenvalue weighted by atomic mass is 35.5. The van der Waals surface area contributed by atoms with Crippen molar-refractivity contribution in [3.8, 4) is 5.75 Å². The van der Waals surface area contributed by atoms with Gasteiger partial charge in [0.2, 0.25) is 0 Å². The summed E-state index contributed by atoms with van der Waals surface area (Å²) in [5.74, 6) is 0.0331. The van der Waals surface area contributed by atoms with Crippen LogP contribution in [0.5, 0.6) is 5.75 Å². The average Bonchev–Trinajstić information content (AvgIpc) is 2.81. The number of ether oxygens (including phenoxy) is 1. The highest BCUT2D eigenvalue weighted by Crippen LogP contribution is 2.24. The van der Waals surface area contributed by atoms with E-state index in [2.05, 4.69) is 15.8 Å². The first-order chi connectivity index (χ1) is 16.0. The molecule has 0 heterocycles. The largest absolute Gasteiger partial charge is 0.495 e. The summed E-state index contributed by atoms with van der Waals surface area (Å²) < 4.78 is 5.23. The van der Waals surface area contributed by atoms with E-state index < -0.39 is 5.91 Å². The van der Waals surface area contributed by atoms with Crippen molar-refractivity contribution in [3.05, 3.63) is 88.9 Å². The number of nitrogens with one attached hydrogen (secondary N) is 2. The normalized spacial score (nSPS) is 10.9. The SMILES string of the molecule is COc1ccccc1NC(=O)c1ccc(NC(=O)CO/N=C(/N)Cc2ccccc2Cl)cc1. The van der Waals surface area contributed by atoms with Crippen LogP contribution in [0.15, 0.2) is 78.0 Å². The minimum atomic E-state index is -0.421. The summed E-state index contributed by atoms with van der Waals surface area (Å²) >= 11 is 6.08. The number of carbonyl (C=O) groups is 2. The van der Waals surface area contributed by atoms with Crippen molar-refractivity contribution < 1.29 is 19.2 Å². The number of benzene rings is 3. The number of oxime groups is 1. The van der Waals surface area contributed by atoms with Crippen molar-refractivity contribution in [2.24, 2.45) is 10.9 Å². The van der Waals surface area contributed by atoms with Gasteiger partial charge in [-0.15, -0.1) is 0 Å². The number of carbonyl (C=O) groups excluding carboxylic acids is 2. The van der Waals surface area contributed by atoms with Crippen LogP contribution in [0.3, 0.4) is 0 Å². The molecule has 3 aromatic rings. The lowest BCUT2D eigenvalue weighted by molar-refractivity contribution is -0.120. The van der Waals surface area contributed by atoms with Crippen LogP contribution in [-0.4, -0.2) is 31.4 Å². The number of anilines is 2. The zero-order chi connectivity index (χ0) is 23.6. The molecule has 0 spiro atoms. The van der Waals surface area contributed by atoms with Crippen molar-refractivity contribution in [3.63, 3.8) is 0 Å². The molecule has 0 bridgehead atoms. The van der Waals surface area contributed by atoms with Gasteiger partial charge in [0, 0.05) is 22.7 Å². The first kappa shape index (κ1) is 23.6. The summed E-state index contributed by atoms with van der Waals surface area (Å²) in [6.45, 7) is -0.320. The number of amidine groups is 1. The fourth-order valence-corrected chi connectivity index (χ4v) is 3.09. The number of halogens is 1. The van der Waals surface area contributed by atoms with Gasteiger partial charge in [0.25, 0.3) is 11.8 Å². The molecule has 0 unspecified atom stereocenters. The average molecular weight is 467 g/mol. The highest BCUT2D eigenvalue weighted by Gasteiger charge is 2.10. The predicted octanol–water partition coefficient (Wildman–Crippen LogP) is 4.07. The Morgan fingerprint density at radius 3 is 2.39 bits per heavy atom. The van der Waals surface area contributed by atoms with Crippen molar-refractivity contribution >= 4 is 40.6 Å². The molecule has 0 fully saturated rings. The van der Waals surface area contributed by atoms with Gasteiger partial charge in [-0.05, 0) is 48.0 Å². The lowest BCUT2D eigenvalue weighted by Gasteiger charge is -2.10. The Labute approximate surface area is 196 Å². The van der Waals surface area contributed by atoms with Crippen LogP contribution in [0.25, 0.3) is 0 Å². The van der Waals surface area contributed by atoms with Gasteiger partial charge in [0.1, 0.15) is 11.6 Å². The van der Waals surface area contributed by atoms with Crippen LogP contribution in [0.1, 0.15) is 15.9 Å². The molecule has 9 heteroatoms. The minimum Gasteiger partial charge on any atom is -0.495 e. The Bertz CT molecular complexity index is 1150. The second-order valence-electron chi connectivity index (χ2n) is 6.90. The van der Waals surface area contributed by atoms with Gasteiger partial charge in [-0.3, -0.25) is 9.59 Å². The maximum absolute atomic E-state index is 12.5. The van der Waals surface area contributed by atoms with Crippen LogP contribution < -0.4 is 21.1 Å². The molecule has 3 rings (SSSR count). The summed E-state index contributed by atoms with van der Waals surface area (Å²) in [5.41, 5.74) is 8.12. The fraction of sp³-hybridized carbons (Fsp3) is 0.125. The van der Waals surface area contributed by atoms with E-state index in [4.69, 9.17) is 26.9 Å². The number of nitrogens with zero attached hydrogens (tertiary/aromatic N) is 1. The van der Waals surface area contributed by atoms with Crippen molar-refractivity contribution in [2.45, 2.75) is 6.42 Å². The number of methoxy groups -OCH3 is 1. The number of rotatable bonds is 9. The van der Waals surface area contributed by atoms with Crippen molar-refractivity contribution in [2.75, 3.05) is 24.4 Å². The van der Waals surface area contributed by atoms with E-state index in [0.29, 0.717) is 34.1 Å². The molecule has 0 radical (unpaired) electrons. The molecule has 33 heavy (non-hydrogen) atoms. The highest BCUT2D eigenvalue weighted by molar-refractivity contribution is 6.31. The Morgan fingerprint density at radius 2 is 1.67 bits per heavy atom.